The van der Waals surface area contributed by atoms with Crippen LogP contribution in [0.25, 0.3) is 0 Å². The minimum Gasteiger partial charge on any atom is -0.394 e. The number of carbonyl (C=O) groups is 10. The van der Waals surface area contributed by atoms with Crippen molar-refractivity contribution in [2.75, 3.05) is 145 Å². The number of hydrogen-bond acceptors (Lipinski definition) is 30. The SMILES string of the molecule is CC(=O)NC1C(OCCCCC(=O)NCCCNC(=O)CCOCC(COCCC(=O)NCCCNC(=O)CCCCOC2OC(CO)C(O)C(O)C2NC(C)=O)(COCCC(=O)NCCCNC(=O)CCCCOC2OC(CO)C(O)C(O)C2NC(C)=O)COCCC(=O)N2CCC(O)CC2)OC(CO)C(O)C1O. The second-order valence-corrected chi connectivity index (χ2v) is 27.8. The summed E-state index contributed by atoms with van der Waals surface area (Å²) in [6.45, 7) is 3.65. The van der Waals surface area contributed by atoms with Gasteiger partial charge in [-0.05, 0) is 70.6 Å². The van der Waals surface area contributed by atoms with Gasteiger partial charge in [0.05, 0.1) is 90.6 Å². The van der Waals surface area contributed by atoms with Crippen molar-refractivity contribution in [1.82, 2.24) is 52.8 Å². The van der Waals surface area contributed by atoms with E-state index in [4.69, 9.17) is 47.4 Å². The van der Waals surface area contributed by atoms with Crippen molar-refractivity contribution in [2.45, 2.75) is 234 Å². The summed E-state index contributed by atoms with van der Waals surface area (Å²) in [4.78, 5) is 127. The highest BCUT2D eigenvalue weighted by Gasteiger charge is 2.48. The molecule has 0 saturated carbocycles. The van der Waals surface area contributed by atoms with Gasteiger partial charge in [-0.3, -0.25) is 47.9 Å². The van der Waals surface area contributed by atoms with Gasteiger partial charge in [-0.2, -0.15) is 0 Å². The molecule has 0 aromatic heterocycles. The topological polar surface area (TPSA) is 577 Å². The van der Waals surface area contributed by atoms with Crippen LogP contribution >= 0.6 is 0 Å². The molecule has 4 saturated heterocycles. The normalized spacial score (nSPS) is 25.5. The molecule has 15 atom stereocenters. The molecule has 19 N–H and O–H groups in total. The molecule has 4 rings (SSSR count). The zero-order chi connectivity index (χ0) is 80.8. The number of unbranched alkanes of at least 4 members (excludes halogenated alkanes) is 3. The van der Waals surface area contributed by atoms with Crippen LogP contribution in [0.3, 0.4) is 0 Å². The van der Waals surface area contributed by atoms with Gasteiger partial charge in [-0.25, -0.2) is 0 Å². The minimum atomic E-state index is -1.46. The standard InChI is InChI=1S/C70H124N10O30/c1-44(84)77-58-64(98)61(95)48(37-81)108-67(58)105-30-7-4-13-51(88)71-22-10-25-74-54(91)18-33-101-40-70(43-104-36-21-57(94)80-28-16-47(87)17-29-80,41-102-34-19-55(92)75-26-11-23-72-52(89)14-5-8-31-106-68-59(78-45(2)85)65(99)62(96)49(38-82)109-68)42-103-35-20-56(93)76-27-12-24-73-53(90)15-6-9-32-107-69-60(79-46(3)86)66(100)63(97)50(39-83)110-69/h47-50,58-69,81-83,87,95-100H,4-43H2,1-3H3,(H,71,88)(H,72,89)(H,73,90)(H,74,91)(H,75,92)(H,76,93)(H,77,84)(H,78,85)(H,79,86). The second-order valence-electron chi connectivity index (χ2n) is 27.8. The van der Waals surface area contributed by atoms with E-state index in [0.717, 1.165) is 0 Å². The highest BCUT2D eigenvalue weighted by molar-refractivity contribution is 5.79. The van der Waals surface area contributed by atoms with E-state index in [1.54, 1.807) is 4.90 Å². The number of hydrogen-bond donors (Lipinski definition) is 19. The Labute approximate surface area is 640 Å². The van der Waals surface area contributed by atoms with Crippen molar-refractivity contribution in [3.05, 3.63) is 0 Å². The fourth-order valence-corrected chi connectivity index (χ4v) is 12.1. The molecule has 10 amide bonds. The third kappa shape index (κ3) is 37.7. The lowest BCUT2D eigenvalue weighted by Gasteiger charge is -2.42. The first-order valence-electron chi connectivity index (χ1n) is 38.1. The summed E-state index contributed by atoms with van der Waals surface area (Å²) in [6, 6.07) is -3.28. The van der Waals surface area contributed by atoms with E-state index >= 15 is 0 Å². The van der Waals surface area contributed by atoms with Crippen LogP contribution in [0.15, 0.2) is 0 Å². The van der Waals surface area contributed by atoms with Crippen molar-refractivity contribution in [2.24, 2.45) is 5.41 Å². The van der Waals surface area contributed by atoms with E-state index in [0.29, 0.717) is 83.7 Å². The summed E-state index contributed by atoms with van der Waals surface area (Å²) in [5.74, 6) is -3.44. The van der Waals surface area contributed by atoms with Crippen molar-refractivity contribution in [3.63, 3.8) is 0 Å². The molecule has 0 bridgehead atoms. The molecule has 4 aliphatic heterocycles. The molecular weight excluding hydrogens is 1460 g/mol. The maximum atomic E-state index is 13.2. The number of ether oxygens (including phenoxy) is 10. The van der Waals surface area contributed by atoms with Crippen LogP contribution in [0.2, 0.25) is 0 Å². The van der Waals surface area contributed by atoms with Crippen molar-refractivity contribution in [3.8, 4) is 0 Å². The molecule has 40 nitrogen and oxygen atoms in total. The van der Waals surface area contributed by atoms with E-state index < -0.39 is 141 Å². The number of aliphatic hydroxyl groups is 10. The highest BCUT2D eigenvalue weighted by Crippen LogP contribution is 2.27. The number of carbonyl (C=O) groups excluding carboxylic acids is 10. The van der Waals surface area contributed by atoms with Crippen LogP contribution < -0.4 is 47.9 Å². The quantitative estimate of drug-likeness (QED) is 0.0252. The van der Waals surface area contributed by atoms with E-state index in [-0.39, 0.29) is 198 Å². The number of nitrogens with zero attached hydrogens (tertiary/aromatic N) is 1. The van der Waals surface area contributed by atoms with Gasteiger partial charge in [0, 0.05) is 131 Å². The fourth-order valence-electron chi connectivity index (χ4n) is 12.1. The molecule has 634 valence electrons. The summed E-state index contributed by atoms with van der Waals surface area (Å²) >= 11 is 0. The Hall–Kier alpha value is -6.10. The van der Waals surface area contributed by atoms with Gasteiger partial charge in [-0.1, -0.05) is 0 Å². The molecule has 0 aromatic carbocycles. The van der Waals surface area contributed by atoms with E-state index in [1.165, 1.54) is 20.8 Å². The smallest absolute Gasteiger partial charge is 0.224 e. The number of nitrogens with one attached hydrogen (secondary N) is 9. The maximum Gasteiger partial charge on any atom is 0.224 e. The first-order chi connectivity index (χ1) is 52.7. The molecule has 0 aliphatic carbocycles. The van der Waals surface area contributed by atoms with Crippen LogP contribution in [0.4, 0.5) is 0 Å². The summed E-state index contributed by atoms with van der Waals surface area (Å²) in [5.41, 5.74) is -1.14. The molecule has 0 aromatic rings. The summed E-state index contributed by atoms with van der Waals surface area (Å²) in [6.07, 6.45) is -11.4. The molecule has 0 spiro atoms. The number of likely N-dealkylation sites (tertiary alicyclic amines) is 1. The molecule has 4 heterocycles. The van der Waals surface area contributed by atoms with Gasteiger partial charge in [0.25, 0.3) is 0 Å². The Morgan fingerprint density at radius 2 is 0.618 bits per heavy atom. The van der Waals surface area contributed by atoms with Crippen LogP contribution in [-0.4, -0.2) is 358 Å². The third-order valence-corrected chi connectivity index (χ3v) is 18.3. The van der Waals surface area contributed by atoms with Gasteiger partial charge in [0.15, 0.2) is 18.9 Å². The Bertz CT molecular complexity index is 2470. The van der Waals surface area contributed by atoms with Crippen LogP contribution in [0.1, 0.15) is 136 Å². The predicted octanol–water partition coefficient (Wildman–Crippen LogP) is -7.16. The van der Waals surface area contributed by atoms with Crippen molar-refractivity contribution in [1.29, 1.82) is 0 Å². The molecule has 0 radical (unpaired) electrons. The molecule has 40 heteroatoms. The van der Waals surface area contributed by atoms with Crippen molar-refractivity contribution >= 4 is 59.1 Å². The van der Waals surface area contributed by atoms with Crippen LogP contribution in [-0.2, 0) is 95.3 Å². The van der Waals surface area contributed by atoms with Gasteiger partial charge in [0.2, 0.25) is 59.1 Å². The van der Waals surface area contributed by atoms with Gasteiger partial charge < -0.3 is 151 Å². The van der Waals surface area contributed by atoms with Gasteiger partial charge in [0.1, 0.15) is 73.1 Å². The molecule has 15 unspecified atom stereocenters. The minimum absolute atomic E-state index is 0.0166. The monoisotopic (exact) mass is 1580 g/mol. The fraction of sp³-hybridized carbons (Fsp3) is 0.857. The first kappa shape index (κ1) is 96.3. The Kier molecular flexibility index (Phi) is 47.8. The summed E-state index contributed by atoms with van der Waals surface area (Å²) in [7, 11) is 0. The lowest BCUT2D eigenvalue weighted by molar-refractivity contribution is -0.270. The molecule has 110 heavy (non-hydrogen) atoms. The maximum absolute atomic E-state index is 13.2. The zero-order valence-corrected chi connectivity index (χ0v) is 63.6. The number of piperidine rings is 1. The molecule has 4 fully saturated rings. The number of amides is 10. The summed E-state index contributed by atoms with van der Waals surface area (Å²) < 4.78 is 58.3. The van der Waals surface area contributed by atoms with Crippen LogP contribution in [0, 0.1) is 5.41 Å². The van der Waals surface area contributed by atoms with E-state index in [2.05, 4.69) is 47.9 Å². The first-order valence-corrected chi connectivity index (χ1v) is 38.1. The lowest BCUT2D eigenvalue weighted by Crippen LogP contribution is -2.64. The lowest BCUT2D eigenvalue weighted by atomic mass is 9.92. The van der Waals surface area contributed by atoms with Crippen LogP contribution in [0.5, 0.6) is 0 Å². The van der Waals surface area contributed by atoms with Gasteiger partial charge >= 0.3 is 0 Å². The number of rotatable bonds is 56. The summed E-state index contributed by atoms with van der Waals surface area (Å²) in [5, 5.41) is 125. The Morgan fingerprint density at radius 3 is 0.882 bits per heavy atom. The highest BCUT2D eigenvalue weighted by atomic mass is 16.7. The van der Waals surface area contributed by atoms with E-state index in [9.17, 15) is 99.0 Å². The predicted molar refractivity (Wildman–Crippen MR) is 383 cm³/mol. The molecular formula is C70H124N10O30. The van der Waals surface area contributed by atoms with E-state index in [1.807, 2.05) is 0 Å². The average Bonchev–Trinajstić information content (AvgIpc) is 0.795. The Balaban J connectivity index is 1.25. The largest absolute Gasteiger partial charge is 0.394 e. The van der Waals surface area contributed by atoms with Crippen molar-refractivity contribution < 1.29 is 146 Å². The second kappa shape index (κ2) is 54.6. The molecule has 4 aliphatic rings. The average molecular weight is 1590 g/mol. The zero-order valence-electron chi connectivity index (χ0n) is 63.6. The Morgan fingerprint density at radius 1 is 0.355 bits per heavy atom. The third-order valence-electron chi connectivity index (χ3n) is 18.3. The van der Waals surface area contributed by atoms with Gasteiger partial charge in [-0.15, -0.1) is 0 Å². The number of aliphatic hydroxyl groups excluding tert-OH is 10.